The van der Waals surface area contributed by atoms with Gasteiger partial charge in [-0.15, -0.1) is 0 Å². The fourth-order valence-corrected chi connectivity index (χ4v) is 3.45. The molecule has 0 unspecified atom stereocenters. The maximum absolute atomic E-state index is 13.2. The second-order valence-electron chi connectivity index (χ2n) is 8.33. The lowest BCUT2D eigenvalue weighted by atomic mass is 10.1. The number of nitrogens with zero attached hydrogens (tertiary/aromatic N) is 1. The van der Waals surface area contributed by atoms with Crippen molar-refractivity contribution in [2.75, 3.05) is 27.3 Å². The summed E-state index contributed by atoms with van der Waals surface area (Å²) in [6.07, 6.45) is 1.57. The molecule has 2 aromatic rings. The summed E-state index contributed by atoms with van der Waals surface area (Å²) in [7, 11) is 3.19. The number of amides is 2. The van der Waals surface area contributed by atoms with Crippen LogP contribution in [0, 0.1) is 5.92 Å². The van der Waals surface area contributed by atoms with Crippen molar-refractivity contribution >= 4 is 11.8 Å². The molecule has 0 aliphatic heterocycles. The van der Waals surface area contributed by atoms with E-state index in [0.717, 1.165) is 11.1 Å². The third-order valence-corrected chi connectivity index (χ3v) is 5.41. The van der Waals surface area contributed by atoms with Crippen LogP contribution in [0.5, 0.6) is 11.5 Å². The van der Waals surface area contributed by atoms with E-state index in [0.29, 0.717) is 49.8 Å². The normalized spacial score (nSPS) is 11.7. The topological polar surface area (TPSA) is 67.9 Å². The predicted molar refractivity (Wildman–Crippen MR) is 127 cm³/mol. The molecule has 0 fully saturated rings. The Balaban J connectivity index is 2.08. The van der Waals surface area contributed by atoms with Gasteiger partial charge in [-0.05, 0) is 48.9 Å². The van der Waals surface area contributed by atoms with E-state index in [1.807, 2.05) is 62.4 Å². The molecular weight excluding hydrogens is 404 g/mol. The fourth-order valence-electron chi connectivity index (χ4n) is 3.45. The number of methoxy groups -OCH3 is 2. The molecule has 0 aliphatic carbocycles. The van der Waals surface area contributed by atoms with Crippen molar-refractivity contribution in [2.45, 2.75) is 46.1 Å². The molecule has 2 aromatic carbocycles. The summed E-state index contributed by atoms with van der Waals surface area (Å²) >= 11 is 0. The first kappa shape index (κ1) is 25.2. The Kier molecular flexibility index (Phi) is 10.1. The van der Waals surface area contributed by atoms with Gasteiger partial charge >= 0.3 is 0 Å². The smallest absolute Gasteiger partial charge is 0.242 e. The largest absolute Gasteiger partial charge is 0.493 e. The highest BCUT2D eigenvalue weighted by Gasteiger charge is 2.25. The molecule has 0 saturated carbocycles. The number of ether oxygens (including phenoxy) is 2. The second kappa shape index (κ2) is 12.7. The standard InChI is InChI=1S/C26H36N2O4/c1-19(2)18-27-26(30)20(3)28(16-15-21-9-7-6-8-10-21)25(29)14-12-22-11-13-23(31-4)24(17-22)32-5/h6-11,13,17,19-20H,12,14-16,18H2,1-5H3,(H,27,30)/t20-/m0/s1. The molecule has 0 radical (unpaired) electrons. The lowest BCUT2D eigenvalue weighted by molar-refractivity contribution is -0.139. The summed E-state index contributed by atoms with van der Waals surface area (Å²) in [5.41, 5.74) is 2.12. The van der Waals surface area contributed by atoms with Gasteiger partial charge in [-0.3, -0.25) is 9.59 Å². The molecule has 2 amide bonds. The predicted octanol–water partition coefficient (Wildman–Crippen LogP) is 3.87. The molecule has 2 rings (SSSR count). The molecule has 6 nitrogen and oxygen atoms in total. The maximum Gasteiger partial charge on any atom is 0.242 e. The molecule has 0 spiro atoms. The average molecular weight is 441 g/mol. The molecule has 6 heteroatoms. The van der Waals surface area contributed by atoms with Crippen molar-refractivity contribution in [1.29, 1.82) is 0 Å². The minimum Gasteiger partial charge on any atom is -0.493 e. The van der Waals surface area contributed by atoms with Crippen molar-refractivity contribution in [1.82, 2.24) is 10.2 Å². The third-order valence-electron chi connectivity index (χ3n) is 5.41. The van der Waals surface area contributed by atoms with Gasteiger partial charge in [0.25, 0.3) is 0 Å². The zero-order valence-corrected chi connectivity index (χ0v) is 19.9. The highest BCUT2D eigenvalue weighted by Crippen LogP contribution is 2.28. The zero-order valence-electron chi connectivity index (χ0n) is 19.9. The summed E-state index contributed by atoms with van der Waals surface area (Å²) in [6, 6.07) is 15.1. The SMILES string of the molecule is COc1ccc(CCC(=O)N(CCc2ccccc2)[C@@H](C)C(=O)NCC(C)C)cc1OC. The summed E-state index contributed by atoms with van der Waals surface area (Å²) in [5.74, 6) is 1.49. The van der Waals surface area contributed by atoms with Gasteiger partial charge in [0.2, 0.25) is 11.8 Å². The number of carbonyl (C=O) groups excluding carboxylic acids is 2. The van der Waals surface area contributed by atoms with E-state index in [2.05, 4.69) is 5.32 Å². The minimum absolute atomic E-state index is 0.0390. The van der Waals surface area contributed by atoms with Crippen LogP contribution in [-0.2, 0) is 22.4 Å². The molecule has 0 aromatic heterocycles. The monoisotopic (exact) mass is 440 g/mol. The van der Waals surface area contributed by atoms with Gasteiger partial charge in [-0.25, -0.2) is 0 Å². The average Bonchev–Trinajstić information content (AvgIpc) is 2.81. The van der Waals surface area contributed by atoms with Crippen LogP contribution < -0.4 is 14.8 Å². The Morgan fingerprint density at radius 1 is 0.906 bits per heavy atom. The molecule has 1 N–H and O–H groups in total. The van der Waals surface area contributed by atoms with Crippen molar-refractivity contribution in [3.8, 4) is 11.5 Å². The van der Waals surface area contributed by atoms with E-state index in [1.54, 1.807) is 26.0 Å². The molecule has 0 aliphatic rings. The molecule has 0 saturated heterocycles. The van der Waals surface area contributed by atoms with Crippen LogP contribution in [0.25, 0.3) is 0 Å². The van der Waals surface area contributed by atoms with E-state index >= 15 is 0 Å². The summed E-state index contributed by atoms with van der Waals surface area (Å²) in [4.78, 5) is 27.6. The van der Waals surface area contributed by atoms with E-state index in [-0.39, 0.29) is 11.8 Å². The fraction of sp³-hybridized carbons (Fsp3) is 0.462. The Morgan fingerprint density at radius 2 is 1.59 bits per heavy atom. The van der Waals surface area contributed by atoms with Crippen LogP contribution in [0.2, 0.25) is 0 Å². The van der Waals surface area contributed by atoms with E-state index in [9.17, 15) is 9.59 Å². The van der Waals surface area contributed by atoms with E-state index < -0.39 is 6.04 Å². The molecule has 0 bridgehead atoms. The summed E-state index contributed by atoms with van der Waals surface area (Å²) < 4.78 is 10.6. The first-order valence-corrected chi connectivity index (χ1v) is 11.2. The van der Waals surface area contributed by atoms with Crippen LogP contribution in [0.4, 0.5) is 0 Å². The van der Waals surface area contributed by atoms with Crippen molar-refractivity contribution in [2.24, 2.45) is 5.92 Å². The quantitative estimate of drug-likeness (QED) is 0.544. The van der Waals surface area contributed by atoms with Gasteiger partial charge in [-0.1, -0.05) is 50.2 Å². The number of aryl methyl sites for hydroxylation is 1. The number of rotatable bonds is 12. The van der Waals surface area contributed by atoms with Crippen molar-refractivity contribution in [3.63, 3.8) is 0 Å². The number of hydrogen-bond acceptors (Lipinski definition) is 4. The van der Waals surface area contributed by atoms with Gasteiger partial charge in [0.15, 0.2) is 11.5 Å². The number of hydrogen-bond donors (Lipinski definition) is 1. The number of nitrogens with one attached hydrogen (secondary N) is 1. The van der Waals surface area contributed by atoms with Gasteiger partial charge < -0.3 is 19.7 Å². The second-order valence-corrected chi connectivity index (χ2v) is 8.33. The first-order valence-electron chi connectivity index (χ1n) is 11.2. The zero-order chi connectivity index (χ0) is 23.5. The summed E-state index contributed by atoms with van der Waals surface area (Å²) in [6.45, 7) is 6.98. The third kappa shape index (κ3) is 7.59. The van der Waals surface area contributed by atoms with Crippen LogP contribution >= 0.6 is 0 Å². The highest BCUT2D eigenvalue weighted by atomic mass is 16.5. The summed E-state index contributed by atoms with van der Waals surface area (Å²) in [5, 5.41) is 2.95. The first-order chi connectivity index (χ1) is 15.3. The lowest BCUT2D eigenvalue weighted by Crippen LogP contribution is -2.49. The van der Waals surface area contributed by atoms with Gasteiger partial charge in [0.1, 0.15) is 6.04 Å². The van der Waals surface area contributed by atoms with Crippen LogP contribution in [0.15, 0.2) is 48.5 Å². The highest BCUT2D eigenvalue weighted by molar-refractivity contribution is 5.87. The Morgan fingerprint density at radius 3 is 2.22 bits per heavy atom. The van der Waals surface area contributed by atoms with E-state index in [1.165, 1.54) is 0 Å². The molecule has 0 heterocycles. The molecule has 1 atom stereocenters. The van der Waals surface area contributed by atoms with Crippen LogP contribution in [-0.4, -0.2) is 50.1 Å². The number of benzene rings is 2. The van der Waals surface area contributed by atoms with Crippen LogP contribution in [0.3, 0.4) is 0 Å². The van der Waals surface area contributed by atoms with Crippen molar-refractivity contribution in [3.05, 3.63) is 59.7 Å². The molecule has 32 heavy (non-hydrogen) atoms. The Hall–Kier alpha value is -3.02. The van der Waals surface area contributed by atoms with Crippen LogP contribution in [0.1, 0.15) is 38.3 Å². The minimum atomic E-state index is -0.532. The van der Waals surface area contributed by atoms with E-state index in [4.69, 9.17) is 9.47 Å². The Labute approximate surface area is 191 Å². The molecule has 174 valence electrons. The van der Waals surface area contributed by atoms with Gasteiger partial charge in [0, 0.05) is 19.5 Å². The molecular formula is C26H36N2O4. The number of carbonyl (C=O) groups is 2. The lowest BCUT2D eigenvalue weighted by Gasteiger charge is -2.29. The van der Waals surface area contributed by atoms with Gasteiger partial charge in [0.05, 0.1) is 14.2 Å². The van der Waals surface area contributed by atoms with Gasteiger partial charge in [-0.2, -0.15) is 0 Å². The van der Waals surface area contributed by atoms with Crippen molar-refractivity contribution < 1.29 is 19.1 Å². The Bertz CT molecular complexity index is 867. The maximum atomic E-state index is 13.2.